The summed E-state index contributed by atoms with van der Waals surface area (Å²) < 4.78 is 1.67. The molecule has 0 aliphatic carbocycles. The molecule has 2 aromatic rings. The molecule has 1 saturated heterocycles. The van der Waals surface area contributed by atoms with Gasteiger partial charge < -0.3 is 5.73 Å². The van der Waals surface area contributed by atoms with Gasteiger partial charge in [-0.05, 0) is 12.1 Å². The van der Waals surface area contributed by atoms with Gasteiger partial charge in [-0.15, -0.1) is 0 Å². The molecule has 2 heterocycles. The summed E-state index contributed by atoms with van der Waals surface area (Å²) in [6.45, 7) is 0.360. The Bertz CT molecular complexity index is 691. The Kier molecular flexibility index (Phi) is 2.41. The number of hydrogen-bond acceptors (Lipinski definition) is 4. The first kappa shape index (κ1) is 11.5. The van der Waals surface area contributed by atoms with Crippen molar-refractivity contribution in [2.45, 2.75) is 6.42 Å². The van der Waals surface area contributed by atoms with Crippen LogP contribution in [0.3, 0.4) is 0 Å². The molecule has 1 aliphatic rings. The number of benzene rings is 1. The molecular weight excluding hydrogens is 246 g/mol. The minimum absolute atomic E-state index is 0.251. The van der Waals surface area contributed by atoms with Gasteiger partial charge in [0, 0.05) is 25.4 Å². The lowest BCUT2D eigenvalue weighted by Crippen LogP contribution is -2.49. The SMILES string of the molecule is Cn1ncc2c(N3CCC(=O)NC3=O)ccc(N)c21. The molecule has 0 spiro atoms. The van der Waals surface area contributed by atoms with E-state index in [1.54, 1.807) is 30.1 Å². The van der Waals surface area contributed by atoms with E-state index in [1.165, 1.54) is 4.90 Å². The number of urea groups is 1. The fraction of sp³-hybridized carbons (Fsp3) is 0.250. The standard InChI is InChI=1S/C12H13N5O2/c1-16-11-7(6-14-16)9(3-2-8(11)13)17-5-4-10(18)15-12(17)19/h2-3,6H,4-5,13H2,1H3,(H,15,18,19). The monoisotopic (exact) mass is 259 g/mol. The van der Waals surface area contributed by atoms with E-state index < -0.39 is 6.03 Å². The lowest BCUT2D eigenvalue weighted by atomic mass is 10.1. The Morgan fingerprint density at radius 1 is 1.37 bits per heavy atom. The van der Waals surface area contributed by atoms with Crippen molar-refractivity contribution in [3.05, 3.63) is 18.3 Å². The molecule has 0 saturated carbocycles. The number of rotatable bonds is 1. The van der Waals surface area contributed by atoms with Gasteiger partial charge in [0.25, 0.3) is 0 Å². The Labute approximate surface area is 109 Å². The molecule has 1 aromatic carbocycles. The van der Waals surface area contributed by atoms with Gasteiger partial charge in [0.1, 0.15) is 0 Å². The maximum atomic E-state index is 11.9. The number of imide groups is 1. The second-order valence-electron chi connectivity index (χ2n) is 4.46. The highest BCUT2D eigenvalue weighted by atomic mass is 16.2. The number of carbonyl (C=O) groups is 2. The summed E-state index contributed by atoms with van der Waals surface area (Å²) in [5, 5.41) is 7.27. The quantitative estimate of drug-likeness (QED) is 0.733. The molecule has 7 heteroatoms. The van der Waals surface area contributed by atoms with E-state index >= 15 is 0 Å². The van der Waals surface area contributed by atoms with E-state index in [0.717, 1.165) is 10.9 Å². The number of nitrogens with zero attached hydrogens (tertiary/aromatic N) is 3. The predicted octanol–water partition coefficient (Wildman–Crippen LogP) is 0.602. The zero-order valence-corrected chi connectivity index (χ0v) is 10.4. The van der Waals surface area contributed by atoms with Crippen LogP contribution in [0.5, 0.6) is 0 Å². The van der Waals surface area contributed by atoms with Gasteiger partial charge in [0.2, 0.25) is 5.91 Å². The third kappa shape index (κ3) is 1.70. The smallest absolute Gasteiger partial charge is 0.328 e. The number of aryl methyl sites for hydroxylation is 1. The van der Waals surface area contributed by atoms with E-state index in [0.29, 0.717) is 17.9 Å². The first-order valence-corrected chi connectivity index (χ1v) is 5.89. The molecule has 0 bridgehead atoms. The Morgan fingerprint density at radius 3 is 2.89 bits per heavy atom. The number of nitrogen functional groups attached to an aromatic ring is 1. The average Bonchev–Trinajstić information content (AvgIpc) is 2.74. The van der Waals surface area contributed by atoms with Crippen molar-refractivity contribution < 1.29 is 9.59 Å². The minimum Gasteiger partial charge on any atom is -0.397 e. The molecule has 98 valence electrons. The first-order chi connectivity index (χ1) is 9.08. The highest BCUT2D eigenvalue weighted by Gasteiger charge is 2.26. The normalized spacial score (nSPS) is 15.9. The summed E-state index contributed by atoms with van der Waals surface area (Å²) in [7, 11) is 1.79. The van der Waals surface area contributed by atoms with E-state index in [9.17, 15) is 9.59 Å². The van der Waals surface area contributed by atoms with Crippen LogP contribution >= 0.6 is 0 Å². The van der Waals surface area contributed by atoms with Crippen LogP contribution in [0.2, 0.25) is 0 Å². The molecule has 1 aromatic heterocycles. The van der Waals surface area contributed by atoms with Crippen LogP contribution in [0.4, 0.5) is 16.2 Å². The highest BCUT2D eigenvalue weighted by molar-refractivity contribution is 6.10. The predicted molar refractivity (Wildman–Crippen MR) is 70.6 cm³/mol. The number of carbonyl (C=O) groups excluding carboxylic acids is 2. The maximum Gasteiger partial charge on any atom is 0.328 e. The summed E-state index contributed by atoms with van der Waals surface area (Å²) >= 11 is 0. The summed E-state index contributed by atoms with van der Waals surface area (Å²) in [6.07, 6.45) is 1.96. The van der Waals surface area contributed by atoms with Crippen LogP contribution in [0.1, 0.15) is 6.42 Å². The number of fused-ring (bicyclic) bond motifs is 1. The van der Waals surface area contributed by atoms with Gasteiger partial charge in [-0.1, -0.05) is 0 Å². The fourth-order valence-corrected chi connectivity index (χ4v) is 2.33. The molecule has 7 nitrogen and oxygen atoms in total. The molecule has 1 fully saturated rings. The molecule has 0 radical (unpaired) electrons. The number of aromatic nitrogens is 2. The van der Waals surface area contributed by atoms with Crippen molar-refractivity contribution in [1.29, 1.82) is 0 Å². The Morgan fingerprint density at radius 2 is 2.16 bits per heavy atom. The topological polar surface area (TPSA) is 93.2 Å². The van der Waals surface area contributed by atoms with Crippen molar-refractivity contribution in [3.63, 3.8) is 0 Å². The van der Waals surface area contributed by atoms with Gasteiger partial charge in [0.15, 0.2) is 0 Å². The molecule has 0 unspecified atom stereocenters. The molecule has 3 amide bonds. The third-order valence-corrected chi connectivity index (χ3v) is 3.25. The first-order valence-electron chi connectivity index (χ1n) is 5.89. The van der Waals surface area contributed by atoms with Gasteiger partial charge in [-0.3, -0.25) is 19.7 Å². The molecule has 19 heavy (non-hydrogen) atoms. The zero-order chi connectivity index (χ0) is 13.6. The second-order valence-corrected chi connectivity index (χ2v) is 4.46. The number of amides is 3. The Balaban J connectivity index is 2.13. The van der Waals surface area contributed by atoms with Crippen LogP contribution in [0, 0.1) is 0 Å². The minimum atomic E-state index is -0.411. The van der Waals surface area contributed by atoms with Crippen LogP contribution in [0.15, 0.2) is 18.3 Å². The maximum absolute atomic E-state index is 11.9. The summed E-state index contributed by atoms with van der Waals surface area (Å²) in [5.41, 5.74) is 8.02. The largest absolute Gasteiger partial charge is 0.397 e. The zero-order valence-electron chi connectivity index (χ0n) is 10.4. The van der Waals surface area contributed by atoms with E-state index in [1.807, 2.05) is 0 Å². The summed E-state index contributed by atoms with van der Waals surface area (Å²) in [5.74, 6) is -0.251. The lowest BCUT2D eigenvalue weighted by Gasteiger charge is -2.27. The number of nitrogens with one attached hydrogen (secondary N) is 1. The van der Waals surface area contributed by atoms with Gasteiger partial charge in [-0.25, -0.2) is 4.79 Å². The second kappa shape index (κ2) is 3.98. The fourth-order valence-electron chi connectivity index (χ4n) is 2.33. The highest BCUT2D eigenvalue weighted by Crippen LogP contribution is 2.31. The summed E-state index contributed by atoms with van der Waals surface area (Å²) in [6, 6.07) is 3.10. The van der Waals surface area contributed by atoms with Crippen molar-refractivity contribution in [2.75, 3.05) is 17.2 Å². The Hall–Kier alpha value is -2.57. The molecule has 3 N–H and O–H groups in total. The van der Waals surface area contributed by atoms with Crippen molar-refractivity contribution in [1.82, 2.24) is 15.1 Å². The van der Waals surface area contributed by atoms with Crippen LogP contribution < -0.4 is 16.0 Å². The number of nitrogens with two attached hydrogens (primary N) is 1. The van der Waals surface area contributed by atoms with Crippen molar-refractivity contribution in [2.24, 2.45) is 7.05 Å². The van der Waals surface area contributed by atoms with Crippen LogP contribution in [-0.4, -0.2) is 28.3 Å². The molecule has 0 atom stereocenters. The lowest BCUT2D eigenvalue weighted by molar-refractivity contribution is -0.120. The van der Waals surface area contributed by atoms with Crippen molar-refractivity contribution in [3.8, 4) is 0 Å². The molecule has 3 rings (SSSR count). The van der Waals surface area contributed by atoms with Crippen molar-refractivity contribution >= 4 is 34.2 Å². The van der Waals surface area contributed by atoms with E-state index in [-0.39, 0.29) is 12.3 Å². The average molecular weight is 259 g/mol. The number of hydrogen-bond donors (Lipinski definition) is 2. The molecular formula is C12H13N5O2. The van der Waals surface area contributed by atoms with E-state index in [4.69, 9.17) is 5.73 Å². The van der Waals surface area contributed by atoms with E-state index in [2.05, 4.69) is 10.4 Å². The van der Waals surface area contributed by atoms with Gasteiger partial charge in [0.05, 0.1) is 23.1 Å². The van der Waals surface area contributed by atoms with Gasteiger partial charge in [-0.2, -0.15) is 5.10 Å². The summed E-state index contributed by atoms with van der Waals surface area (Å²) in [4.78, 5) is 24.6. The number of anilines is 2. The van der Waals surface area contributed by atoms with Crippen LogP contribution in [0.25, 0.3) is 10.9 Å². The van der Waals surface area contributed by atoms with Crippen LogP contribution in [-0.2, 0) is 11.8 Å². The van der Waals surface area contributed by atoms with Gasteiger partial charge >= 0.3 is 6.03 Å². The molecule has 1 aliphatic heterocycles. The third-order valence-electron chi connectivity index (χ3n) is 3.25.